The maximum Gasteiger partial charge on any atom is 0.248 e. The van der Waals surface area contributed by atoms with E-state index in [1.165, 1.54) is 128 Å². The van der Waals surface area contributed by atoms with E-state index in [2.05, 4.69) is 0 Å². The molecule has 1 N–H and O–H groups in total. The van der Waals surface area contributed by atoms with Gasteiger partial charge in [0.25, 0.3) is 0 Å². The van der Waals surface area contributed by atoms with Crippen LogP contribution in [0.15, 0.2) is 0 Å². The van der Waals surface area contributed by atoms with Crippen molar-refractivity contribution in [1.29, 1.82) is 0 Å². The predicted molar refractivity (Wildman–Crippen MR) is 132 cm³/mol. The first-order valence-corrected chi connectivity index (χ1v) is 17.3. The van der Waals surface area contributed by atoms with Gasteiger partial charge in [-0.05, 0) is 19.0 Å². The van der Waals surface area contributed by atoms with Crippen molar-refractivity contribution in [1.82, 2.24) is 0 Å². The molecule has 0 aromatic carbocycles. The first-order valence-electron chi connectivity index (χ1n) is 12.5. The third-order valence-electron chi connectivity index (χ3n) is 5.77. The van der Waals surface area contributed by atoms with Gasteiger partial charge in [0.15, 0.2) is 0 Å². The van der Waals surface area contributed by atoms with Crippen molar-refractivity contribution < 1.29 is 5.11 Å². The fourth-order valence-electron chi connectivity index (χ4n) is 3.91. The Morgan fingerprint density at radius 1 is 0.429 bits per heavy atom. The van der Waals surface area contributed by atoms with Crippen LogP contribution in [0.2, 0.25) is 12.6 Å². The highest BCUT2D eigenvalue weighted by Crippen LogP contribution is 2.23. The zero-order valence-electron chi connectivity index (χ0n) is 19.0. The molecule has 0 atom stereocenters. The quantitative estimate of drug-likeness (QED) is 0.0927. The van der Waals surface area contributed by atoms with Crippen molar-refractivity contribution >= 4 is 28.9 Å². The highest BCUT2D eigenvalue weighted by Gasteiger charge is 2.19. The lowest BCUT2D eigenvalue weighted by atomic mass is 10.0. The Labute approximate surface area is 187 Å². The monoisotopic (exact) mass is 452 g/mol. The van der Waals surface area contributed by atoms with Crippen molar-refractivity contribution in [2.24, 2.45) is 0 Å². The van der Waals surface area contributed by atoms with Crippen LogP contribution in [0.25, 0.3) is 0 Å². The average Bonchev–Trinajstić information content (AvgIpc) is 2.65. The summed E-state index contributed by atoms with van der Waals surface area (Å²) in [4.78, 5) is 0. The first-order chi connectivity index (χ1) is 13.6. The molecule has 0 aromatic rings. The molecule has 0 aliphatic rings. The molecule has 0 saturated carbocycles. The molecule has 0 amide bonds. The van der Waals surface area contributed by atoms with E-state index in [9.17, 15) is 0 Å². The van der Waals surface area contributed by atoms with E-state index >= 15 is 0 Å². The molecule has 0 heterocycles. The average molecular weight is 454 g/mol. The Bertz CT molecular complexity index is 295. The number of unbranched alkanes of at least 4 members (excludes halogenated alkanes) is 20. The molecule has 4 heteroatoms. The van der Waals surface area contributed by atoms with Gasteiger partial charge in [0.05, 0.1) is 0 Å². The van der Waals surface area contributed by atoms with Crippen LogP contribution in [0.4, 0.5) is 0 Å². The van der Waals surface area contributed by atoms with Crippen molar-refractivity contribution in [2.75, 3.05) is 6.61 Å². The van der Waals surface area contributed by atoms with Gasteiger partial charge in [-0.1, -0.05) is 128 Å². The SMILES string of the molecule is C[Si](Cl)(Cl)CCCCCCCCCCCCCCCCCCCCCCCO. The molecular formula is C24H50Cl2OSi. The Kier molecular flexibility index (Phi) is 23.0. The summed E-state index contributed by atoms with van der Waals surface area (Å²) in [5.74, 6) is 0. The zero-order chi connectivity index (χ0) is 20.8. The van der Waals surface area contributed by atoms with Gasteiger partial charge < -0.3 is 5.11 Å². The number of aliphatic hydroxyl groups is 1. The Hall–Kier alpha value is 0.757. The van der Waals surface area contributed by atoms with E-state index in [0.29, 0.717) is 6.61 Å². The van der Waals surface area contributed by atoms with E-state index in [-0.39, 0.29) is 0 Å². The summed E-state index contributed by atoms with van der Waals surface area (Å²) in [6, 6.07) is 1.06. The standard InChI is InChI=1S/C24H50Cl2OSi/c1-28(25,26)24-22-20-18-16-14-12-10-8-6-4-2-3-5-7-9-11-13-15-17-19-21-23-27/h27H,2-24H2,1H3. The molecule has 0 bridgehead atoms. The molecule has 0 radical (unpaired) electrons. The second-order valence-corrected chi connectivity index (χ2v) is 17.2. The second-order valence-electron chi connectivity index (χ2n) is 8.97. The molecule has 0 unspecified atom stereocenters. The Balaban J connectivity index is 3.01. The van der Waals surface area contributed by atoms with Gasteiger partial charge in [0, 0.05) is 6.61 Å². The number of hydrogen-bond donors (Lipinski definition) is 1. The van der Waals surface area contributed by atoms with Gasteiger partial charge in [-0.3, -0.25) is 0 Å². The largest absolute Gasteiger partial charge is 0.396 e. The van der Waals surface area contributed by atoms with Crippen molar-refractivity contribution in [3.63, 3.8) is 0 Å². The van der Waals surface area contributed by atoms with Gasteiger partial charge in [-0.2, -0.15) is 0 Å². The van der Waals surface area contributed by atoms with Crippen LogP contribution < -0.4 is 0 Å². The lowest BCUT2D eigenvalue weighted by molar-refractivity contribution is 0.282. The summed E-state index contributed by atoms with van der Waals surface area (Å²) >= 11 is 12.3. The number of hydrogen-bond acceptors (Lipinski definition) is 1. The van der Waals surface area contributed by atoms with E-state index in [1.807, 2.05) is 6.55 Å². The first kappa shape index (κ1) is 28.8. The maximum absolute atomic E-state index is 8.74. The molecule has 0 spiro atoms. The third-order valence-corrected chi connectivity index (χ3v) is 8.14. The number of aliphatic hydroxyl groups excluding tert-OH is 1. The van der Waals surface area contributed by atoms with Gasteiger partial charge in [-0.25, -0.2) is 0 Å². The Morgan fingerprint density at radius 3 is 0.857 bits per heavy atom. The lowest BCUT2D eigenvalue weighted by Crippen LogP contribution is -2.11. The maximum atomic E-state index is 8.74. The summed E-state index contributed by atoms with van der Waals surface area (Å²) in [5.41, 5.74) is 0. The number of rotatable bonds is 23. The highest BCUT2D eigenvalue weighted by molar-refractivity contribution is 7.44. The molecule has 28 heavy (non-hydrogen) atoms. The van der Waals surface area contributed by atoms with E-state index in [4.69, 9.17) is 27.3 Å². The minimum Gasteiger partial charge on any atom is -0.396 e. The van der Waals surface area contributed by atoms with E-state index in [0.717, 1.165) is 12.5 Å². The predicted octanol–water partition coefficient (Wildman–Crippen LogP) is 9.72. The van der Waals surface area contributed by atoms with Crippen molar-refractivity contribution in [3.05, 3.63) is 0 Å². The topological polar surface area (TPSA) is 20.2 Å². The van der Waals surface area contributed by atoms with Gasteiger partial charge in [0.1, 0.15) is 0 Å². The zero-order valence-corrected chi connectivity index (χ0v) is 21.5. The van der Waals surface area contributed by atoms with E-state index < -0.39 is 6.69 Å². The summed E-state index contributed by atoms with van der Waals surface area (Å²) in [6.07, 6.45) is 28.8. The molecule has 0 fully saturated rings. The van der Waals surface area contributed by atoms with E-state index in [1.54, 1.807) is 0 Å². The van der Waals surface area contributed by atoms with Gasteiger partial charge >= 0.3 is 0 Å². The van der Waals surface area contributed by atoms with Crippen molar-refractivity contribution in [3.8, 4) is 0 Å². The molecule has 0 aliphatic heterocycles. The molecule has 0 aliphatic carbocycles. The van der Waals surface area contributed by atoms with Crippen LogP contribution in [-0.2, 0) is 0 Å². The Morgan fingerprint density at radius 2 is 0.643 bits per heavy atom. The number of halogens is 2. The highest BCUT2D eigenvalue weighted by atomic mass is 35.7. The fourth-order valence-corrected chi connectivity index (χ4v) is 5.58. The molecule has 1 nitrogen and oxygen atoms in total. The summed E-state index contributed by atoms with van der Waals surface area (Å²) in [6.45, 7) is 0.561. The lowest BCUT2D eigenvalue weighted by Gasteiger charge is -2.09. The van der Waals surface area contributed by atoms with Gasteiger partial charge in [0.2, 0.25) is 6.69 Å². The smallest absolute Gasteiger partial charge is 0.248 e. The third kappa shape index (κ3) is 26.8. The van der Waals surface area contributed by atoms with Crippen LogP contribution in [0, 0.1) is 0 Å². The summed E-state index contributed by atoms with van der Waals surface area (Å²) in [5, 5.41) is 8.74. The van der Waals surface area contributed by atoms with Crippen LogP contribution in [0.3, 0.4) is 0 Å². The summed E-state index contributed by atoms with van der Waals surface area (Å²) in [7, 11) is 0. The van der Waals surface area contributed by atoms with Crippen LogP contribution in [0.5, 0.6) is 0 Å². The van der Waals surface area contributed by atoms with Crippen LogP contribution in [0.1, 0.15) is 135 Å². The fraction of sp³-hybridized carbons (Fsp3) is 1.00. The van der Waals surface area contributed by atoms with Gasteiger partial charge in [-0.15, -0.1) is 22.2 Å². The summed E-state index contributed by atoms with van der Waals surface area (Å²) < 4.78 is 0. The van der Waals surface area contributed by atoms with Crippen molar-refractivity contribution in [2.45, 2.75) is 147 Å². The van der Waals surface area contributed by atoms with Crippen LogP contribution in [-0.4, -0.2) is 18.4 Å². The minimum atomic E-state index is -1.84. The molecule has 0 aromatic heterocycles. The minimum absolute atomic E-state index is 0.367. The molecule has 0 saturated heterocycles. The molecule has 0 rings (SSSR count). The molecule has 170 valence electrons. The van der Waals surface area contributed by atoms with Crippen LogP contribution >= 0.6 is 22.2 Å². The second kappa shape index (κ2) is 22.4. The molecular weight excluding hydrogens is 403 g/mol. The normalized spacial score (nSPS) is 12.0.